The van der Waals surface area contributed by atoms with Crippen LogP contribution in [0.3, 0.4) is 0 Å². The number of hydrogen-bond acceptors (Lipinski definition) is 7. The highest BCUT2D eigenvalue weighted by Crippen LogP contribution is 2.29. The molecule has 3 rings (SSSR count). The van der Waals surface area contributed by atoms with Crippen molar-refractivity contribution in [2.45, 2.75) is 31.2 Å². The van der Waals surface area contributed by atoms with Gasteiger partial charge >= 0.3 is 0 Å². The number of hydrogen-bond donors (Lipinski definition) is 1. The number of carbonyl (C=O) groups excluding carboxylic acids is 1. The summed E-state index contributed by atoms with van der Waals surface area (Å²) in [5.74, 6) is -0.406. The Bertz CT molecular complexity index is 1000. The standard InChI is InChI=1S/C20H27N5O4S/c1-15-19(18(29-23-15)9-12-24(2)3)30(27,28)25-11-6-7-16(14-25)20(26)22-13-17-8-4-5-10-21-17/h4-5,8-10,12,16H,6-7,11,13-14H2,1-3H3,(H,22,26)/b12-9+/t16-/m1/s1. The lowest BCUT2D eigenvalue weighted by Gasteiger charge is -2.31. The van der Waals surface area contributed by atoms with Crippen LogP contribution < -0.4 is 5.32 Å². The highest BCUT2D eigenvalue weighted by Gasteiger charge is 2.36. The second-order valence-electron chi connectivity index (χ2n) is 7.48. The van der Waals surface area contributed by atoms with Crippen molar-refractivity contribution in [1.82, 2.24) is 24.7 Å². The summed E-state index contributed by atoms with van der Waals surface area (Å²) in [6.07, 6.45) is 6.18. The number of aryl methyl sites for hydroxylation is 1. The first kappa shape index (κ1) is 22.0. The van der Waals surface area contributed by atoms with Crippen LogP contribution in [0.15, 0.2) is 40.0 Å². The molecule has 2 aromatic heterocycles. The Balaban J connectivity index is 1.73. The monoisotopic (exact) mass is 433 g/mol. The molecule has 1 amide bonds. The molecule has 0 radical (unpaired) electrons. The van der Waals surface area contributed by atoms with Crippen molar-refractivity contribution in [3.05, 3.63) is 47.7 Å². The Morgan fingerprint density at radius 1 is 1.40 bits per heavy atom. The lowest BCUT2D eigenvalue weighted by molar-refractivity contribution is -0.126. The number of rotatable bonds is 7. The van der Waals surface area contributed by atoms with Crippen molar-refractivity contribution in [3.63, 3.8) is 0 Å². The van der Waals surface area contributed by atoms with E-state index in [-0.39, 0.29) is 23.1 Å². The minimum Gasteiger partial charge on any atom is -0.383 e. The molecule has 162 valence electrons. The van der Waals surface area contributed by atoms with Crippen LogP contribution in [0, 0.1) is 12.8 Å². The smallest absolute Gasteiger partial charge is 0.248 e. The van der Waals surface area contributed by atoms with Gasteiger partial charge in [-0.1, -0.05) is 11.2 Å². The second-order valence-corrected chi connectivity index (χ2v) is 9.36. The molecule has 30 heavy (non-hydrogen) atoms. The molecular weight excluding hydrogens is 406 g/mol. The fraction of sp³-hybridized carbons (Fsp3) is 0.450. The van der Waals surface area contributed by atoms with Crippen LogP contribution in [0.5, 0.6) is 0 Å². The minimum atomic E-state index is -3.85. The van der Waals surface area contributed by atoms with Crippen LogP contribution in [-0.4, -0.2) is 60.9 Å². The van der Waals surface area contributed by atoms with E-state index in [1.54, 1.807) is 30.3 Å². The first-order valence-electron chi connectivity index (χ1n) is 9.77. The number of pyridine rings is 1. The number of amides is 1. The fourth-order valence-corrected chi connectivity index (χ4v) is 5.12. The van der Waals surface area contributed by atoms with Gasteiger partial charge in [-0.05, 0) is 31.9 Å². The van der Waals surface area contributed by atoms with Gasteiger partial charge in [0.25, 0.3) is 0 Å². The van der Waals surface area contributed by atoms with Gasteiger partial charge in [-0.2, -0.15) is 4.31 Å². The molecule has 1 N–H and O–H groups in total. The largest absolute Gasteiger partial charge is 0.383 e. The number of piperidine rings is 1. The fourth-order valence-electron chi connectivity index (χ4n) is 3.34. The number of nitrogens with one attached hydrogen (secondary N) is 1. The predicted octanol–water partition coefficient (Wildman–Crippen LogP) is 1.63. The van der Waals surface area contributed by atoms with Gasteiger partial charge in [0.05, 0.1) is 18.2 Å². The van der Waals surface area contributed by atoms with Crippen LogP contribution in [-0.2, 0) is 21.4 Å². The third-order valence-electron chi connectivity index (χ3n) is 4.88. The van der Waals surface area contributed by atoms with Gasteiger partial charge in [-0.3, -0.25) is 9.78 Å². The molecule has 1 aliphatic rings. The molecule has 3 heterocycles. The van der Waals surface area contributed by atoms with Crippen molar-refractivity contribution in [2.75, 3.05) is 27.2 Å². The average molecular weight is 434 g/mol. The van der Waals surface area contributed by atoms with Crippen molar-refractivity contribution in [2.24, 2.45) is 5.92 Å². The van der Waals surface area contributed by atoms with E-state index in [0.29, 0.717) is 31.6 Å². The Morgan fingerprint density at radius 2 is 2.20 bits per heavy atom. The lowest BCUT2D eigenvalue weighted by Crippen LogP contribution is -2.45. The Morgan fingerprint density at radius 3 is 2.90 bits per heavy atom. The maximum Gasteiger partial charge on any atom is 0.248 e. The maximum absolute atomic E-state index is 13.3. The topological polar surface area (TPSA) is 109 Å². The molecule has 0 saturated carbocycles. The maximum atomic E-state index is 13.3. The number of aromatic nitrogens is 2. The molecule has 2 aromatic rings. The van der Waals surface area contributed by atoms with E-state index in [9.17, 15) is 13.2 Å². The first-order chi connectivity index (χ1) is 14.3. The number of carbonyl (C=O) groups is 1. The van der Waals surface area contributed by atoms with Gasteiger partial charge in [-0.25, -0.2) is 8.42 Å². The molecule has 0 aromatic carbocycles. The molecule has 0 bridgehead atoms. The SMILES string of the molecule is Cc1noc(/C=C/N(C)C)c1S(=O)(=O)N1CCC[C@@H](C(=O)NCc2ccccn2)C1. The summed E-state index contributed by atoms with van der Waals surface area (Å²) in [5.41, 5.74) is 1.05. The van der Waals surface area contributed by atoms with E-state index >= 15 is 0 Å². The van der Waals surface area contributed by atoms with Crippen molar-refractivity contribution < 1.29 is 17.7 Å². The van der Waals surface area contributed by atoms with Gasteiger partial charge in [0.15, 0.2) is 10.7 Å². The third-order valence-corrected chi connectivity index (χ3v) is 6.90. The Hall–Kier alpha value is -2.72. The van der Waals surface area contributed by atoms with Crippen molar-refractivity contribution >= 4 is 22.0 Å². The average Bonchev–Trinajstić information content (AvgIpc) is 3.12. The molecule has 1 aliphatic heterocycles. The van der Waals surface area contributed by atoms with E-state index < -0.39 is 15.9 Å². The Labute approximate surface area is 176 Å². The lowest BCUT2D eigenvalue weighted by atomic mass is 9.99. The van der Waals surface area contributed by atoms with Gasteiger partial charge in [0, 0.05) is 45.7 Å². The van der Waals surface area contributed by atoms with Gasteiger partial charge in [0.1, 0.15) is 5.69 Å². The summed E-state index contributed by atoms with van der Waals surface area (Å²) in [5, 5.41) is 6.70. The summed E-state index contributed by atoms with van der Waals surface area (Å²) in [6, 6.07) is 5.49. The second kappa shape index (κ2) is 9.40. The quantitative estimate of drug-likeness (QED) is 0.707. The van der Waals surface area contributed by atoms with E-state index in [1.807, 2.05) is 32.3 Å². The molecule has 1 saturated heterocycles. The molecular formula is C20H27N5O4S. The zero-order valence-electron chi connectivity index (χ0n) is 17.4. The summed E-state index contributed by atoms with van der Waals surface area (Å²) >= 11 is 0. The summed E-state index contributed by atoms with van der Waals surface area (Å²) in [4.78, 5) is 18.6. The van der Waals surface area contributed by atoms with Gasteiger partial charge in [0.2, 0.25) is 15.9 Å². The zero-order valence-corrected chi connectivity index (χ0v) is 18.2. The van der Waals surface area contributed by atoms with Crippen LogP contribution in [0.4, 0.5) is 0 Å². The first-order valence-corrected chi connectivity index (χ1v) is 11.2. The molecule has 1 fully saturated rings. The third kappa shape index (κ3) is 5.06. The normalized spacial score (nSPS) is 17.9. The van der Waals surface area contributed by atoms with E-state index in [2.05, 4.69) is 15.5 Å². The molecule has 1 atom stereocenters. The van der Waals surface area contributed by atoms with Gasteiger partial charge in [-0.15, -0.1) is 0 Å². The predicted molar refractivity (Wildman–Crippen MR) is 112 cm³/mol. The summed E-state index contributed by atoms with van der Waals surface area (Å²) in [6.45, 7) is 2.39. The van der Waals surface area contributed by atoms with Crippen LogP contribution in [0.1, 0.15) is 30.0 Å². The Kier molecular flexibility index (Phi) is 6.88. The highest BCUT2D eigenvalue weighted by molar-refractivity contribution is 7.89. The molecule has 0 unspecified atom stereocenters. The van der Waals surface area contributed by atoms with E-state index in [1.165, 1.54) is 4.31 Å². The van der Waals surface area contributed by atoms with E-state index in [4.69, 9.17) is 4.52 Å². The van der Waals surface area contributed by atoms with Crippen molar-refractivity contribution in [3.8, 4) is 0 Å². The van der Waals surface area contributed by atoms with Gasteiger partial charge < -0.3 is 14.7 Å². The number of nitrogens with zero attached hydrogens (tertiary/aromatic N) is 4. The van der Waals surface area contributed by atoms with Crippen molar-refractivity contribution in [1.29, 1.82) is 0 Å². The zero-order chi connectivity index (χ0) is 21.7. The van der Waals surface area contributed by atoms with Crippen LogP contribution in [0.25, 0.3) is 6.08 Å². The molecule has 9 nitrogen and oxygen atoms in total. The summed E-state index contributed by atoms with van der Waals surface area (Å²) in [7, 11) is -0.194. The number of sulfonamides is 1. The molecule has 0 spiro atoms. The van der Waals surface area contributed by atoms with E-state index in [0.717, 1.165) is 5.69 Å². The summed E-state index contributed by atoms with van der Waals surface area (Å²) < 4.78 is 33.2. The molecule has 0 aliphatic carbocycles. The van der Waals surface area contributed by atoms with Crippen LogP contribution >= 0.6 is 0 Å². The highest BCUT2D eigenvalue weighted by atomic mass is 32.2. The minimum absolute atomic E-state index is 0.0511. The molecule has 10 heteroatoms. The van der Waals surface area contributed by atoms with Crippen LogP contribution in [0.2, 0.25) is 0 Å².